The third-order valence-corrected chi connectivity index (χ3v) is 5.47. The van der Waals surface area contributed by atoms with E-state index in [0.717, 1.165) is 24.3 Å². The molecule has 0 heterocycles. The number of phenols is 1. The van der Waals surface area contributed by atoms with Gasteiger partial charge in [-0.05, 0) is 76.7 Å². The van der Waals surface area contributed by atoms with Crippen LogP contribution in [0.15, 0.2) is 60.7 Å². The van der Waals surface area contributed by atoms with Gasteiger partial charge in [0.05, 0.1) is 10.6 Å². The molecule has 3 nitrogen and oxygen atoms in total. The van der Waals surface area contributed by atoms with E-state index in [-0.39, 0.29) is 45.0 Å². The first-order valence-corrected chi connectivity index (χ1v) is 10.6. The van der Waals surface area contributed by atoms with Gasteiger partial charge in [-0.3, -0.25) is 0 Å². The maximum atomic E-state index is 15.5. The van der Waals surface area contributed by atoms with Crippen molar-refractivity contribution in [2.24, 2.45) is 0 Å². The summed E-state index contributed by atoms with van der Waals surface area (Å²) in [7, 11) is 0. The topological polar surface area (TPSA) is 57.5 Å². The van der Waals surface area contributed by atoms with Crippen molar-refractivity contribution >= 4 is 34.8 Å². The van der Waals surface area contributed by atoms with Crippen LogP contribution in [0.3, 0.4) is 0 Å². The molecule has 182 valence electrons. The minimum atomic E-state index is -5.02. The van der Waals surface area contributed by atoms with E-state index < -0.39 is 34.9 Å². The van der Waals surface area contributed by atoms with E-state index in [0.29, 0.717) is 12.1 Å². The Morgan fingerprint density at radius 1 is 1.03 bits per heavy atom. The summed E-state index contributed by atoms with van der Waals surface area (Å²) in [6.07, 6.45) is -3.47. The molecule has 0 unspecified atom stereocenters. The molecule has 0 aliphatic carbocycles. The van der Waals surface area contributed by atoms with E-state index in [4.69, 9.17) is 16.7 Å². The largest absolute Gasteiger partial charge is 0.508 e. The number of benzene rings is 3. The molecule has 0 atom stereocenters. The molecule has 3 aromatic carbocycles. The first-order valence-electron chi connectivity index (χ1n) is 10.2. The average Bonchev–Trinajstić information content (AvgIpc) is 2.77. The normalized spacial score (nSPS) is 12.7. The Morgan fingerprint density at radius 2 is 1.69 bits per heavy atom. The summed E-state index contributed by atoms with van der Waals surface area (Å²) >= 11 is 6.22. The zero-order valence-corrected chi connectivity index (χ0v) is 18.9. The number of hydrogen-bond acceptors (Lipinski definition) is 2. The monoisotopic (exact) mass is 508 g/mol. The van der Waals surface area contributed by atoms with Crippen LogP contribution in [0.4, 0.5) is 22.0 Å². The van der Waals surface area contributed by atoms with E-state index >= 15 is 4.39 Å². The number of allylic oxidation sites excluding steroid dienone is 1. The van der Waals surface area contributed by atoms with Crippen LogP contribution in [0.1, 0.15) is 41.2 Å². The number of carboxylic acids is 1. The summed E-state index contributed by atoms with van der Waals surface area (Å²) in [4.78, 5) is 10.8. The van der Waals surface area contributed by atoms with E-state index in [1.165, 1.54) is 30.3 Å². The minimum Gasteiger partial charge on any atom is -0.508 e. The molecular weight excluding hydrogens is 491 g/mol. The van der Waals surface area contributed by atoms with Crippen LogP contribution >= 0.6 is 11.6 Å². The van der Waals surface area contributed by atoms with E-state index in [1.807, 2.05) is 0 Å². The number of halogens is 6. The number of aromatic hydroxyl groups is 1. The molecular formula is C26H18ClF5O3. The minimum absolute atomic E-state index is 0.0758. The van der Waals surface area contributed by atoms with E-state index in [1.54, 1.807) is 6.92 Å². The highest BCUT2D eigenvalue weighted by Crippen LogP contribution is 2.44. The highest BCUT2D eigenvalue weighted by Gasteiger charge is 2.37. The maximum Gasteiger partial charge on any atom is 0.417 e. The molecule has 0 aliphatic rings. The number of alkyl halides is 3. The Morgan fingerprint density at radius 3 is 2.23 bits per heavy atom. The number of rotatable bonds is 6. The molecule has 9 heteroatoms. The number of aliphatic carboxylic acids is 1. The summed E-state index contributed by atoms with van der Waals surface area (Å²) < 4.78 is 71.8. The van der Waals surface area contributed by atoms with Gasteiger partial charge in [0, 0.05) is 11.6 Å². The summed E-state index contributed by atoms with van der Waals surface area (Å²) in [5, 5.41) is 18.4. The smallest absolute Gasteiger partial charge is 0.417 e. The predicted octanol–water partition coefficient (Wildman–Crippen LogP) is 7.81. The summed E-state index contributed by atoms with van der Waals surface area (Å²) in [6, 6.07) is 9.97. The summed E-state index contributed by atoms with van der Waals surface area (Å²) in [6.45, 7) is 1.63. The molecule has 0 bridgehead atoms. The fourth-order valence-electron chi connectivity index (χ4n) is 3.70. The van der Waals surface area contributed by atoms with Gasteiger partial charge in [-0.2, -0.15) is 13.2 Å². The van der Waals surface area contributed by atoms with Gasteiger partial charge in [-0.1, -0.05) is 36.7 Å². The van der Waals surface area contributed by atoms with Gasteiger partial charge in [-0.15, -0.1) is 0 Å². The van der Waals surface area contributed by atoms with Crippen molar-refractivity contribution in [3.8, 4) is 5.75 Å². The van der Waals surface area contributed by atoms with E-state index in [2.05, 4.69) is 0 Å². The first kappa shape index (κ1) is 26.0. The summed E-state index contributed by atoms with van der Waals surface area (Å²) in [5.41, 5.74) is -2.01. The first-order chi connectivity index (χ1) is 16.4. The quantitative estimate of drug-likeness (QED) is 0.203. The second-order valence-corrected chi connectivity index (χ2v) is 7.88. The lowest BCUT2D eigenvalue weighted by atomic mass is 9.85. The molecule has 0 saturated heterocycles. The zero-order chi connectivity index (χ0) is 25.9. The lowest BCUT2D eigenvalue weighted by Gasteiger charge is -2.22. The number of carbonyl (C=O) groups is 1. The fraction of sp³-hybridized carbons (Fsp3) is 0.115. The van der Waals surface area contributed by atoms with Crippen molar-refractivity contribution in [1.29, 1.82) is 0 Å². The van der Waals surface area contributed by atoms with Gasteiger partial charge < -0.3 is 10.2 Å². The highest BCUT2D eigenvalue weighted by molar-refractivity contribution is 6.32. The van der Waals surface area contributed by atoms with Crippen molar-refractivity contribution in [3.05, 3.63) is 105 Å². The second-order valence-electron chi connectivity index (χ2n) is 7.47. The van der Waals surface area contributed by atoms with Crippen molar-refractivity contribution in [3.63, 3.8) is 0 Å². The van der Waals surface area contributed by atoms with E-state index in [9.17, 15) is 27.5 Å². The molecule has 0 amide bonds. The Balaban J connectivity index is 2.48. The summed E-state index contributed by atoms with van der Waals surface area (Å²) in [5.74, 6) is -3.47. The number of carboxylic acid groups (broad SMARTS) is 1. The molecule has 0 fully saturated rings. The number of phenolic OH excluding ortho intramolecular Hbond substituents is 1. The molecule has 2 N–H and O–H groups in total. The fourth-order valence-corrected chi connectivity index (χ4v) is 3.98. The van der Waals surface area contributed by atoms with Gasteiger partial charge in [-0.25, -0.2) is 13.6 Å². The Hall–Kier alpha value is -3.65. The molecule has 0 radical (unpaired) electrons. The van der Waals surface area contributed by atoms with Crippen LogP contribution < -0.4 is 0 Å². The Bertz CT molecular complexity index is 1330. The third-order valence-electron chi connectivity index (χ3n) is 5.15. The van der Waals surface area contributed by atoms with Gasteiger partial charge >= 0.3 is 12.1 Å². The van der Waals surface area contributed by atoms with Crippen LogP contribution in [0, 0.1) is 11.6 Å². The van der Waals surface area contributed by atoms with Crippen LogP contribution in [0.2, 0.25) is 5.02 Å². The van der Waals surface area contributed by atoms with Crippen LogP contribution in [-0.4, -0.2) is 16.2 Å². The average molecular weight is 509 g/mol. The Kier molecular flexibility index (Phi) is 7.65. The van der Waals surface area contributed by atoms with Gasteiger partial charge in [0.1, 0.15) is 17.4 Å². The molecule has 0 aliphatic heterocycles. The van der Waals surface area contributed by atoms with Crippen molar-refractivity contribution in [2.45, 2.75) is 19.5 Å². The van der Waals surface area contributed by atoms with Crippen molar-refractivity contribution in [2.75, 3.05) is 0 Å². The SMILES string of the molecule is CC/C(=C(\c1ccc(O)cc1)c1c(F)cc(/C=C/C(=O)O)cc1C(F)(F)F)c1ccc(F)cc1Cl. The zero-order valence-electron chi connectivity index (χ0n) is 18.1. The van der Waals surface area contributed by atoms with Gasteiger partial charge in [0.2, 0.25) is 0 Å². The van der Waals surface area contributed by atoms with Crippen molar-refractivity contribution in [1.82, 2.24) is 0 Å². The molecule has 35 heavy (non-hydrogen) atoms. The van der Waals surface area contributed by atoms with Crippen molar-refractivity contribution < 1.29 is 37.0 Å². The maximum absolute atomic E-state index is 15.5. The standard InChI is InChI=1S/C26H18ClF5O3/c1-2-18(19-9-6-16(28)13-21(19)27)24(15-4-7-17(33)8-5-15)25-20(26(30,31)32)11-14(12-22(25)29)3-10-23(34)35/h3-13,33H,2H2,1H3,(H,34,35)/b10-3+,24-18-. The molecule has 3 rings (SSSR count). The third kappa shape index (κ3) is 5.89. The van der Waals surface area contributed by atoms with Crippen LogP contribution in [0.25, 0.3) is 17.2 Å². The lowest BCUT2D eigenvalue weighted by molar-refractivity contribution is -0.138. The Labute approximate surface area is 202 Å². The molecule has 0 spiro atoms. The van der Waals surface area contributed by atoms with Gasteiger partial charge in [0.15, 0.2) is 0 Å². The number of hydrogen-bond donors (Lipinski definition) is 2. The molecule has 3 aromatic rings. The van der Waals surface area contributed by atoms with Gasteiger partial charge in [0.25, 0.3) is 0 Å². The second kappa shape index (κ2) is 10.3. The van der Waals surface area contributed by atoms with Crippen LogP contribution in [-0.2, 0) is 11.0 Å². The molecule has 0 aromatic heterocycles. The lowest BCUT2D eigenvalue weighted by Crippen LogP contribution is -2.13. The van der Waals surface area contributed by atoms with Crippen LogP contribution in [0.5, 0.6) is 5.75 Å². The molecule has 0 saturated carbocycles. The highest BCUT2D eigenvalue weighted by atomic mass is 35.5. The predicted molar refractivity (Wildman–Crippen MR) is 124 cm³/mol.